The molecule has 0 fully saturated rings. The second-order valence-electron chi connectivity index (χ2n) is 16.3. The number of rotatable bonds is 44. The van der Waals surface area contributed by atoms with Crippen molar-refractivity contribution >= 4 is 17.9 Å². The van der Waals surface area contributed by atoms with E-state index in [1.165, 1.54) is 51.4 Å². The standard InChI is InChI=1S/C59H92O6/c1-4-7-10-13-16-19-22-25-28-29-32-34-37-40-43-46-49-52-58(61)64-55-56(65-59(62)53-50-47-44-41-38-35-31-27-24-21-18-15-12-9-6-3)54-63-57(60)51-48-45-42-39-36-33-30-26-23-20-17-14-11-8-5-2/h7,9-10,12,16,18-19,21,25-28,30-32,34,38,40-41,43,47,50,56H,4-6,8,11,13-15,17,20,22-24,29,33,35-37,39,42,44-46,48-49,51-55H2,1-3H3/b10-7-,12-9-,19-16-,21-18-,28-25-,30-26-,31-27-,34-32-,41-38-,43-40-,50-47-. The molecule has 0 rings (SSSR count). The average Bonchev–Trinajstić information content (AvgIpc) is 3.30. The highest BCUT2D eigenvalue weighted by molar-refractivity contribution is 5.72. The summed E-state index contributed by atoms with van der Waals surface area (Å²) >= 11 is 0. The largest absolute Gasteiger partial charge is 0.462 e. The third kappa shape index (κ3) is 50.4. The number of allylic oxidation sites excluding steroid dienone is 21. The number of hydrogen-bond donors (Lipinski definition) is 0. The number of carbonyl (C=O) groups is 3. The molecule has 6 nitrogen and oxygen atoms in total. The van der Waals surface area contributed by atoms with Gasteiger partial charge in [-0.15, -0.1) is 0 Å². The van der Waals surface area contributed by atoms with Crippen molar-refractivity contribution in [3.63, 3.8) is 0 Å². The van der Waals surface area contributed by atoms with Crippen LogP contribution in [0.1, 0.15) is 201 Å². The molecule has 0 aromatic heterocycles. The van der Waals surface area contributed by atoms with Crippen LogP contribution < -0.4 is 0 Å². The van der Waals surface area contributed by atoms with Crippen molar-refractivity contribution in [2.45, 2.75) is 207 Å². The van der Waals surface area contributed by atoms with Gasteiger partial charge in [-0.25, -0.2) is 0 Å². The van der Waals surface area contributed by atoms with Gasteiger partial charge >= 0.3 is 17.9 Å². The summed E-state index contributed by atoms with van der Waals surface area (Å²) in [6, 6.07) is 0. The van der Waals surface area contributed by atoms with Gasteiger partial charge in [0.1, 0.15) is 13.2 Å². The van der Waals surface area contributed by atoms with Crippen LogP contribution in [0.2, 0.25) is 0 Å². The van der Waals surface area contributed by atoms with Crippen LogP contribution >= 0.6 is 0 Å². The van der Waals surface area contributed by atoms with E-state index in [4.69, 9.17) is 14.2 Å². The van der Waals surface area contributed by atoms with Crippen LogP contribution in [-0.4, -0.2) is 37.2 Å². The van der Waals surface area contributed by atoms with Crippen molar-refractivity contribution in [2.75, 3.05) is 13.2 Å². The highest BCUT2D eigenvalue weighted by Crippen LogP contribution is 2.11. The van der Waals surface area contributed by atoms with E-state index in [0.717, 1.165) is 96.3 Å². The van der Waals surface area contributed by atoms with Gasteiger partial charge in [0, 0.05) is 12.8 Å². The molecule has 0 spiro atoms. The van der Waals surface area contributed by atoms with Crippen LogP contribution in [-0.2, 0) is 28.6 Å². The average molecular weight is 897 g/mol. The first-order valence-electron chi connectivity index (χ1n) is 25.7. The van der Waals surface area contributed by atoms with Gasteiger partial charge in [0.15, 0.2) is 6.10 Å². The van der Waals surface area contributed by atoms with E-state index < -0.39 is 12.1 Å². The first kappa shape index (κ1) is 60.5. The Bertz CT molecular complexity index is 1450. The number of hydrogen-bond acceptors (Lipinski definition) is 6. The molecule has 6 heteroatoms. The minimum atomic E-state index is -0.863. The zero-order chi connectivity index (χ0) is 47.2. The van der Waals surface area contributed by atoms with Gasteiger partial charge in [-0.2, -0.15) is 0 Å². The monoisotopic (exact) mass is 897 g/mol. The quantitative estimate of drug-likeness (QED) is 0.0262. The van der Waals surface area contributed by atoms with Gasteiger partial charge < -0.3 is 14.2 Å². The number of ether oxygens (including phenoxy) is 3. The van der Waals surface area contributed by atoms with Crippen molar-refractivity contribution in [1.29, 1.82) is 0 Å². The summed E-state index contributed by atoms with van der Waals surface area (Å²) in [5.74, 6) is -1.15. The van der Waals surface area contributed by atoms with E-state index in [-0.39, 0.29) is 38.0 Å². The van der Waals surface area contributed by atoms with Crippen LogP contribution in [0.5, 0.6) is 0 Å². The molecule has 0 bridgehead atoms. The van der Waals surface area contributed by atoms with Crippen molar-refractivity contribution in [3.8, 4) is 0 Å². The minimum Gasteiger partial charge on any atom is -0.462 e. The van der Waals surface area contributed by atoms with Crippen molar-refractivity contribution < 1.29 is 28.6 Å². The molecule has 0 aromatic carbocycles. The molecule has 0 aliphatic carbocycles. The van der Waals surface area contributed by atoms with Crippen LogP contribution in [0, 0.1) is 0 Å². The zero-order valence-corrected chi connectivity index (χ0v) is 41.4. The van der Waals surface area contributed by atoms with Crippen molar-refractivity contribution in [3.05, 3.63) is 134 Å². The summed E-state index contributed by atoms with van der Waals surface area (Å²) in [7, 11) is 0. The first-order chi connectivity index (χ1) is 32.0. The second kappa shape index (κ2) is 52.2. The van der Waals surface area contributed by atoms with Crippen molar-refractivity contribution in [2.24, 2.45) is 0 Å². The lowest BCUT2D eigenvalue weighted by Crippen LogP contribution is -2.30. The molecule has 364 valence electrons. The fourth-order valence-electron chi connectivity index (χ4n) is 6.37. The summed E-state index contributed by atoms with van der Waals surface area (Å²) in [5.41, 5.74) is 0. The summed E-state index contributed by atoms with van der Waals surface area (Å²) in [6.07, 6.45) is 73.2. The van der Waals surface area contributed by atoms with Crippen molar-refractivity contribution in [1.82, 2.24) is 0 Å². The number of esters is 3. The van der Waals surface area contributed by atoms with E-state index in [0.29, 0.717) is 19.3 Å². The van der Waals surface area contributed by atoms with Gasteiger partial charge in [0.25, 0.3) is 0 Å². The van der Waals surface area contributed by atoms with E-state index in [1.807, 2.05) is 6.08 Å². The maximum atomic E-state index is 12.7. The maximum absolute atomic E-state index is 12.7. The predicted octanol–water partition coefficient (Wildman–Crippen LogP) is 17.1. The van der Waals surface area contributed by atoms with E-state index in [2.05, 4.69) is 142 Å². The lowest BCUT2D eigenvalue weighted by molar-refractivity contribution is -0.166. The molecule has 0 radical (unpaired) electrons. The minimum absolute atomic E-state index is 0.0775. The molecule has 0 aliphatic rings. The highest BCUT2D eigenvalue weighted by atomic mass is 16.6. The molecule has 0 amide bonds. The van der Waals surface area contributed by atoms with Gasteiger partial charge in [-0.3, -0.25) is 14.4 Å². The van der Waals surface area contributed by atoms with E-state index in [9.17, 15) is 14.4 Å². The van der Waals surface area contributed by atoms with Gasteiger partial charge in [0.05, 0.1) is 6.42 Å². The molecule has 0 aromatic rings. The van der Waals surface area contributed by atoms with Crippen LogP contribution in [0.25, 0.3) is 0 Å². The van der Waals surface area contributed by atoms with Crippen LogP contribution in [0.15, 0.2) is 134 Å². The Hall–Kier alpha value is -4.45. The molecular formula is C59H92O6. The SMILES string of the molecule is CC/C=C\C/C=C\C/C=C\C/C=C\C/C=C\CCCC(=O)OCC(COC(=O)CCCCCCC/C=C\CCCCCCCC)OC(=O)C/C=C\C/C=C\C/C=C\C/C=C\C/C=C\CC. The summed E-state index contributed by atoms with van der Waals surface area (Å²) in [6.45, 7) is 6.24. The number of unbranched alkanes of at least 4 members (excludes halogenated alkanes) is 12. The number of carbonyl (C=O) groups excluding carboxylic acids is 3. The molecule has 0 N–H and O–H groups in total. The Morgan fingerprint density at radius 2 is 0.662 bits per heavy atom. The van der Waals surface area contributed by atoms with Gasteiger partial charge in [-0.1, -0.05) is 206 Å². The normalized spacial score (nSPS) is 13.2. The van der Waals surface area contributed by atoms with Crippen LogP contribution in [0.3, 0.4) is 0 Å². The topological polar surface area (TPSA) is 78.9 Å². The zero-order valence-electron chi connectivity index (χ0n) is 41.4. The maximum Gasteiger partial charge on any atom is 0.310 e. The molecule has 0 aliphatic heterocycles. The molecule has 1 unspecified atom stereocenters. The lowest BCUT2D eigenvalue weighted by atomic mass is 10.1. The Kier molecular flexibility index (Phi) is 48.6. The third-order valence-electron chi connectivity index (χ3n) is 10.2. The molecular weight excluding hydrogens is 805 g/mol. The molecule has 0 saturated heterocycles. The van der Waals surface area contributed by atoms with E-state index in [1.54, 1.807) is 6.08 Å². The Balaban J connectivity index is 4.63. The Morgan fingerprint density at radius 1 is 0.338 bits per heavy atom. The molecule has 0 saturated carbocycles. The van der Waals surface area contributed by atoms with Gasteiger partial charge in [-0.05, 0) is 109 Å². The Morgan fingerprint density at radius 3 is 1.09 bits per heavy atom. The second-order valence-corrected chi connectivity index (χ2v) is 16.3. The molecule has 0 heterocycles. The molecule has 1 atom stereocenters. The lowest BCUT2D eigenvalue weighted by Gasteiger charge is -2.18. The highest BCUT2D eigenvalue weighted by Gasteiger charge is 2.19. The smallest absolute Gasteiger partial charge is 0.310 e. The first-order valence-corrected chi connectivity index (χ1v) is 25.7. The Labute approximate surface area is 398 Å². The molecule has 65 heavy (non-hydrogen) atoms. The predicted molar refractivity (Wildman–Crippen MR) is 279 cm³/mol. The third-order valence-corrected chi connectivity index (χ3v) is 10.2. The summed E-state index contributed by atoms with van der Waals surface area (Å²) < 4.78 is 16.6. The van der Waals surface area contributed by atoms with Gasteiger partial charge in [0.2, 0.25) is 0 Å². The summed E-state index contributed by atoms with van der Waals surface area (Å²) in [5, 5.41) is 0. The van der Waals surface area contributed by atoms with E-state index >= 15 is 0 Å². The fourth-order valence-corrected chi connectivity index (χ4v) is 6.37. The summed E-state index contributed by atoms with van der Waals surface area (Å²) in [4.78, 5) is 37.9. The fraction of sp³-hybridized carbons (Fsp3) is 0.576. The van der Waals surface area contributed by atoms with Crippen LogP contribution in [0.4, 0.5) is 0 Å².